The Balaban J connectivity index is 3.28. The minimum absolute atomic E-state index is 0.652. The lowest BCUT2D eigenvalue weighted by molar-refractivity contribution is 0.861. The molecule has 3 nitrogen and oxygen atoms in total. The van der Waals surface area contributed by atoms with E-state index in [1.807, 2.05) is 0 Å². The van der Waals surface area contributed by atoms with E-state index < -0.39 is 0 Å². The second-order valence-electron chi connectivity index (χ2n) is 1.02. The van der Waals surface area contributed by atoms with E-state index in [9.17, 15) is 0 Å². The lowest BCUT2D eigenvalue weighted by atomic mass is 10.7. The molecule has 1 aromatic rings. The average Bonchev–Trinajstić information content (AvgIpc) is 1.69. The van der Waals surface area contributed by atoms with Crippen LogP contribution in [0.2, 0.25) is 0 Å². The number of nitrogens with one attached hydrogen (secondary N) is 1. The van der Waals surface area contributed by atoms with Gasteiger partial charge in [0.25, 0.3) is 0 Å². The van der Waals surface area contributed by atoms with Crippen molar-refractivity contribution in [3.63, 3.8) is 0 Å². The van der Waals surface area contributed by atoms with Gasteiger partial charge >= 0.3 is 0 Å². The molecule has 0 unspecified atom stereocenters. The fourth-order valence-corrected chi connectivity index (χ4v) is 0.357. The smallest absolute Gasteiger partial charge is 0.0779 e. The average molecular weight is 113 g/mol. The Morgan fingerprint density at radius 2 is 2.00 bits per heavy atom. The van der Waals surface area contributed by atoms with Gasteiger partial charge in [-0.1, -0.05) is 12.2 Å². The molecule has 0 aliphatic heterocycles. The highest BCUT2D eigenvalue weighted by molar-refractivity contribution is 7.71. The zero-order chi connectivity index (χ0) is 5.11. The van der Waals surface area contributed by atoms with Crippen molar-refractivity contribution < 1.29 is 0 Å². The molecule has 0 saturated heterocycles. The number of H-pyrrole nitrogens is 1. The molecule has 0 radical (unpaired) electrons. The van der Waals surface area contributed by atoms with Gasteiger partial charge in [0.05, 0.1) is 16.9 Å². The summed E-state index contributed by atoms with van der Waals surface area (Å²) in [5, 5.41) is 9.45. The molecule has 1 N–H and O–H groups in total. The molecule has 4 heteroatoms. The van der Waals surface area contributed by atoms with Gasteiger partial charge in [-0.05, 0) is 0 Å². The zero-order valence-electron chi connectivity index (χ0n) is 3.46. The molecule has 0 fully saturated rings. The molecule has 0 aromatic carbocycles. The summed E-state index contributed by atoms with van der Waals surface area (Å²) in [6.45, 7) is 0. The van der Waals surface area contributed by atoms with Crippen LogP contribution < -0.4 is 0 Å². The van der Waals surface area contributed by atoms with Gasteiger partial charge < -0.3 is 0 Å². The molecular formula is C3H3N3S. The summed E-state index contributed by atoms with van der Waals surface area (Å²) in [5.41, 5.74) is 0. The van der Waals surface area contributed by atoms with Crippen LogP contribution >= 0.6 is 12.2 Å². The number of rotatable bonds is 0. The van der Waals surface area contributed by atoms with Gasteiger partial charge in [-0.25, -0.2) is 0 Å². The summed E-state index contributed by atoms with van der Waals surface area (Å²) in [6, 6.07) is 0. The van der Waals surface area contributed by atoms with Gasteiger partial charge in [0, 0.05) is 0 Å². The molecule has 0 bridgehead atoms. The maximum atomic E-state index is 4.67. The van der Waals surface area contributed by atoms with Crippen molar-refractivity contribution in [1.82, 2.24) is 15.4 Å². The summed E-state index contributed by atoms with van der Waals surface area (Å²) < 4.78 is 0.652. The predicted molar refractivity (Wildman–Crippen MR) is 27.2 cm³/mol. The Morgan fingerprint density at radius 1 is 1.43 bits per heavy atom. The van der Waals surface area contributed by atoms with Crippen LogP contribution in [0.15, 0.2) is 12.4 Å². The number of aromatic amines is 1. The summed E-state index contributed by atoms with van der Waals surface area (Å²) >= 11 is 4.67. The maximum absolute atomic E-state index is 4.67. The van der Waals surface area contributed by atoms with E-state index in [2.05, 4.69) is 27.6 Å². The molecule has 0 atom stereocenters. The fraction of sp³-hybridized carbons (Fsp3) is 0. The highest BCUT2D eigenvalue weighted by Crippen LogP contribution is 1.74. The van der Waals surface area contributed by atoms with E-state index in [0.29, 0.717) is 4.51 Å². The first-order valence-corrected chi connectivity index (χ1v) is 2.15. The summed E-state index contributed by atoms with van der Waals surface area (Å²) in [4.78, 5) is 0. The van der Waals surface area contributed by atoms with Crippen LogP contribution in [-0.2, 0) is 0 Å². The first-order valence-electron chi connectivity index (χ1n) is 1.75. The van der Waals surface area contributed by atoms with Crippen molar-refractivity contribution in [2.75, 3.05) is 0 Å². The topological polar surface area (TPSA) is 41.6 Å². The van der Waals surface area contributed by atoms with E-state index in [4.69, 9.17) is 0 Å². The molecule has 36 valence electrons. The van der Waals surface area contributed by atoms with Crippen LogP contribution in [0.5, 0.6) is 0 Å². The normalized spacial score (nSPS) is 8.57. The van der Waals surface area contributed by atoms with Crippen molar-refractivity contribution >= 4 is 12.2 Å². The summed E-state index contributed by atoms with van der Waals surface area (Å²) in [6.07, 6.45) is 3.06. The Bertz CT molecular complexity index is 176. The van der Waals surface area contributed by atoms with Crippen molar-refractivity contribution in [2.24, 2.45) is 0 Å². The van der Waals surface area contributed by atoms with Gasteiger partial charge in [0.1, 0.15) is 0 Å². The van der Waals surface area contributed by atoms with Gasteiger partial charge in [-0.15, -0.1) is 0 Å². The van der Waals surface area contributed by atoms with Crippen molar-refractivity contribution in [3.8, 4) is 0 Å². The molecular weight excluding hydrogens is 110 g/mol. The van der Waals surface area contributed by atoms with E-state index in [1.54, 1.807) is 0 Å². The van der Waals surface area contributed by atoms with Crippen LogP contribution in [0.3, 0.4) is 0 Å². The third-order valence-corrected chi connectivity index (χ3v) is 0.710. The Labute approximate surface area is 45.4 Å². The molecule has 7 heavy (non-hydrogen) atoms. The fourth-order valence-electron chi connectivity index (χ4n) is 0.252. The highest BCUT2D eigenvalue weighted by Gasteiger charge is 1.68. The molecule has 0 spiro atoms. The van der Waals surface area contributed by atoms with Gasteiger partial charge in [-0.3, -0.25) is 0 Å². The summed E-state index contributed by atoms with van der Waals surface area (Å²) in [5.74, 6) is 0. The minimum Gasteiger partial charge on any atom is -0.198 e. The number of aromatic nitrogens is 3. The second-order valence-corrected chi connectivity index (χ2v) is 1.49. The molecule has 1 aromatic heterocycles. The predicted octanol–water partition coefficient (Wildman–Crippen LogP) is 0.534. The number of nitrogens with zero attached hydrogens (tertiary/aromatic N) is 2. The van der Waals surface area contributed by atoms with Crippen LogP contribution in [0.25, 0.3) is 0 Å². The number of hydrogen-bond donors (Lipinski definition) is 1. The number of hydrogen-bond acceptors (Lipinski definition) is 3. The summed E-state index contributed by atoms with van der Waals surface area (Å²) in [7, 11) is 0. The zero-order valence-corrected chi connectivity index (χ0v) is 4.27. The van der Waals surface area contributed by atoms with Crippen LogP contribution in [0.1, 0.15) is 0 Å². The molecule has 0 saturated carbocycles. The van der Waals surface area contributed by atoms with Crippen LogP contribution in [0, 0.1) is 4.51 Å². The van der Waals surface area contributed by atoms with E-state index in [0.717, 1.165) is 0 Å². The SMILES string of the molecule is S=c1cn[nH]nc1. The first-order chi connectivity index (χ1) is 3.39. The van der Waals surface area contributed by atoms with E-state index in [1.165, 1.54) is 12.4 Å². The van der Waals surface area contributed by atoms with Crippen molar-refractivity contribution in [1.29, 1.82) is 0 Å². The highest BCUT2D eigenvalue weighted by atomic mass is 32.1. The largest absolute Gasteiger partial charge is 0.198 e. The van der Waals surface area contributed by atoms with E-state index >= 15 is 0 Å². The minimum atomic E-state index is 0.652. The van der Waals surface area contributed by atoms with Gasteiger partial charge in [-0.2, -0.15) is 15.4 Å². The molecule has 0 aliphatic rings. The van der Waals surface area contributed by atoms with Crippen molar-refractivity contribution in [2.45, 2.75) is 0 Å². The Hall–Kier alpha value is -0.770. The third kappa shape index (κ3) is 1.04. The van der Waals surface area contributed by atoms with Crippen LogP contribution in [-0.4, -0.2) is 15.4 Å². The maximum Gasteiger partial charge on any atom is 0.0779 e. The second kappa shape index (κ2) is 1.79. The molecule has 0 amide bonds. The monoisotopic (exact) mass is 113 g/mol. The standard InChI is InChI=1S/C3H3N3S/c7-3-1-4-6-5-2-3/h1-2H,(H,6,7). The molecule has 0 aliphatic carbocycles. The van der Waals surface area contributed by atoms with Gasteiger partial charge in [0.15, 0.2) is 0 Å². The lowest BCUT2D eigenvalue weighted by Gasteiger charge is -1.74. The van der Waals surface area contributed by atoms with Gasteiger partial charge in [0.2, 0.25) is 0 Å². The first kappa shape index (κ1) is 4.39. The van der Waals surface area contributed by atoms with Crippen molar-refractivity contribution in [3.05, 3.63) is 16.9 Å². The third-order valence-electron chi connectivity index (χ3n) is 0.499. The molecule has 1 rings (SSSR count). The Morgan fingerprint density at radius 3 is 2.29 bits per heavy atom. The molecule has 1 heterocycles. The lowest BCUT2D eigenvalue weighted by Crippen LogP contribution is -1.80. The Kier molecular flexibility index (Phi) is 1.12. The quantitative estimate of drug-likeness (QED) is 0.499. The van der Waals surface area contributed by atoms with E-state index in [-0.39, 0.29) is 0 Å². The van der Waals surface area contributed by atoms with Crippen LogP contribution in [0.4, 0.5) is 0 Å².